The van der Waals surface area contributed by atoms with Crippen molar-refractivity contribution < 1.29 is 8.42 Å². The van der Waals surface area contributed by atoms with E-state index in [4.69, 9.17) is 16.6 Å². The van der Waals surface area contributed by atoms with Crippen LogP contribution >= 0.6 is 11.6 Å². The normalized spacial score (nSPS) is 12.8. The van der Waals surface area contributed by atoms with E-state index in [0.29, 0.717) is 40.4 Å². The van der Waals surface area contributed by atoms with Crippen molar-refractivity contribution in [1.82, 2.24) is 13.9 Å². The summed E-state index contributed by atoms with van der Waals surface area (Å²) >= 11 is 6.03. The highest BCUT2D eigenvalue weighted by atomic mass is 35.5. The fourth-order valence-electron chi connectivity index (χ4n) is 4.46. The molecule has 1 atom stereocenters. The predicted octanol–water partition coefficient (Wildman–Crippen LogP) is 6.68. The molecular weight excluding hydrogens is 506 g/mol. The molecule has 1 heterocycles. The van der Waals surface area contributed by atoms with Gasteiger partial charge in [0, 0.05) is 11.6 Å². The van der Waals surface area contributed by atoms with Crippen LogP contribution in [0.2, 0.25) is 5.02 Å². The lowest BCUT2D eigenvalue weighted by atomic mass is 10.1. The molecule has 0 N–H and O–H groups in total. The van der Waals surface area contributed by atoms with Crippen molar-refractivity contribution >= 4 is 32.5 Å². The van der Waals surface area contributed by atoms with Crippen LogP contribution < -0.4 is 5.56 Å². The zero-order valence-electron chi connectivity index (χ0n) is 21.4. The number of hydrogen-bond donors (Lipinski definition) is 0. The van der Waals surface area contributed by atoms with E-state index in [0.717, 1.165) is 24.8 Å². The summed E-state index contributed by atoms with van der Waals surface area (Å²) in [5.41, 5.74) is 2.01. The number of benzene rings is 3. The standard InChI is InChI=1S/C29H32ClN3O3S/c1-4-5-6-9-20-32(37(35,36)25-18-14-23(30)15-19-25)22(3)28-31-27-11-8-7-10-26(27)29(34)33(28)24-16-12-21(2)13-17-24/h7-8,10-19,22H,4-6,9,20H2,1-3H3. The molecule has 0 bridgehead atoms. The van der Waals surface area contributed by atoms with Crippen LogP contribution in [0, 0.1) is 6.92 Å². The summed E-state index contributed by atoms with van der Waals surface area (Å²) in [7, 11) is -3.90. The van der Waals surface area contributed by atoms with Crippen LogP contribution in [-0.4, -0.2) is 28.8 Å². The Balaban J connectivity index is 1.89. The molecule has 0 aliphatic heterocycles. The highest BCUT2D eigenvalue weighted by molar-refractivity contribution is 7.89. The summed E-state index contributed by atoms with van der Waals surface area (Å²) in [5, 5.41) is 0.944. The van der Waals surface area contributed by atoms with E-state index in [1.54, 1.807) is 41.8 Å². The molecular formula is C29H32ClN3O3S. The molecule has 0 aliphatic carbocycles. The molecule has 194 valence electrons. The summed E-state index contributed by atoms with van der Waals surface area (Å²) in [4.78, 5) is 18.8. The van der Waals surface area contributed by atoms with Gasteiger partial charge in [-0.1, -0.05) is 67.6 Å². The van der Waals surface area contributed by atoms with Crippen molar-refractivity contribution in [2.45, 2.75) is 57.4 Å². The highest BCUT2D eigenvalue weighted by Gasteiger charge is 2.32. The second-order valence-electron chi connectivity index (χ2n) is 9.27. The molecule has 0 saturated carbocycles. The maximum atomic E-state index is 13.9. The zero-order valence-corrected chi connectivity index (χ0v) is 23.0. The Morgan fingerprint density at radius 2 is 1.62 bits per heavy atom. The fraction of sp³-hybridized carbons (Fsp3) is 0.310. The average Bonchev–Trinajstić information content (AvgIpc) is 2.89. The minimum absolute atomic E-state index is 0.157. The maximum absolute atomic E-state index is 13.9. The third-order valence-electron chi connectivity index (χ3n) is 6.55. The monoisotopic (exact) mass is 537 g/mol. The van der Waals surface area contributed by atoms with Gasteiger partial charge in [0.15, 0.2) is 0 Å². The average molecular weight is 538 g/mol. The van der Waals surface area contributed by atoms with Crippen LogP contribution in [0.3, 0.4) is 0 Å². The van der Waals surface area contributed by atoms with E-state index in [-0.39, 0.29) is 10.5 Å². The number of sulfonamides is 1. The minimum Gasteiger partial charge on any atom is -0.268 e. The van der Waals surface area contributed by atoms with Crippen LogP contribution in [0.15, 0.2) is 82.5 Å². The number of unbranched alkanes of at least 4 members (excludes halogenated alkanes) is 3. The number of nitrogens with zero attached hydrogens (tertiary/aromatic N) is 3. The number of rotatable bonds is 10. The van der Waals surface area contributed by atoms with Gasteiger partial charge in [-0.15, -0.1) is 0 Å². The van der Waals surface area contributed by atoms with Crippen molar-refractivity contribution in [3.8, 4) is 5.69 Å². The van der Waals surface area contributed by atoms with Crippen molar-refractivity contribution in [3.63, 3.8) is 0 Å². The van der Waals surface area contributed by atoms with Gasteiger partial charge in [0.2, 0.25) is 10.0 Å². The topological polar surface area (TPSA) is 72.3 Å². The first-order chi connectivity index (χ1) is 17.7. The number of para-hydroxylation sites is 1. The van der Waals surface area contributed by atoms with E-state index < -0.39 is 16.1 Å². The Bertz CT molecular complexity index is 1530. The maximum Gasteiger partial charge on any atom is 0.266 e. The van der Waals surface area contributed by atoms with Gasteiger partial charge in [-0.05, 0) is 68.8 Å². The summed E-state index contributed by atoms with van der Waals surface area (Å²) in [6.45, 7) is 6.20. The SMILES string of the molecule is CCCCCCN(C(C)c1nc2ccccc2c(=O)n1-c1ccc(C)cc1)S(=O)(=O)c1ccc(Cl)cc1. The summed E-state index contributed by atoms with van der Waals surface area (Å²) in [6, 6.07) is 20.2. The Labute approximate surface area is 223 Å². The van der Waals surface area contributed by atoms with Crippen molar-refractivity contribution in [2.24, 2.45) is 0 Å². The quantitative estimate of drug-likeness (QED) is 0.211. The largest absolute Gasteiger partial charge is 0.268 e. The smallest absolute Gasteiger partial charge is 0.266 e. The minimum atomic E-state index is -3.90. The molecule has 0 radical (unpaired) electrons. The molecule has 0 aliphatic rings. The van der Waals surface area contributed by atoms with Gasteiger partial charge in [-0.3, -0.25) is 9.36 Å². The molecule has 0 amide bonds. The Morgan fingerprint density at radius 3 is 2.30 bits per heavy atom. The lowest BCUT2D eigenvalue weighted by molar-refractivity contribution is 0.319. The molecule has 0 fully saturated rings. The third kappa shape index (κ3) is 5.79. The van der Waals surface area contributed by atoms with Crippen LogP contribution in [0.1, 0.15) is 57.0 Å². The van der Waals surface area contributed by atoms with Gasteiger partial charge in [0.1, 0.15) is 5.82 Å². The Kier molecular flexibility index (Phi) is 8.47. The predicted molar refractivity (Wildman–Crippen MR) is 150 cm³/mol. The number of aromatic nitrogens is 2. The Hall–Kier alpha value is -3.00. The van der Waals surface area contributed by atoms with Gasteiger partial charge in [-0.25, -0.2) is 13.4 Å². The van der Waals surface area contributed by atoms with Crippen molar-refractivity contribution in [2.75, 3.05) is 6.54 Å². The molecule has 37 heavy (non-hydrogen) atoms. The fourth-order valence-corrected chi connectivity index (χ4v) is 6.22. The van der Waals surface area contributed by atoms with Crippen LogP contribution in [0.5, 0.6) is 0 Å². The lowest BCUT2D eigenvalue weighted by Gasteiger charge is -2.30. The van der Waals surface area contributed by atoms with Gasteiger partial charge in [0.25, 0.3) is 5.56 Å². The second-order valence-corrected chi connectivity index (χ2v) is 11.6. The van der Waals surface area contributed by atoms with Crippen LogP contribution in [0.25, 0.3) is 16.6 Å². The highest BCUT2D eigenvalue weighted by Crippen LogP contribution is 2.29. The summed E-state index contributed by atoms with van der Waals surface area (Å²) < 4.78 is 30.9. The van der Waals surface area contributed by atoms with E-state index in [1.807, 2.05) is 37.3 Å². The van der Waals surface area contributed by atoms with Gasteiger partial charge in [-0.2, -0.15) is 4.31 Å². The number of hydrogen-bond acceptors (Lipinski definition) is 4. The van der Waals surface area contributed by atoms with E-state index in [9.17, 15) is 13.2 Å². The molecule has 8 heteroatoms. The van der Waals surface area contributed by atoms with Gasteiger partial charge >= 0.3 is 0 Å². The number of aryl methyl sites for hydroxylation is 1. The van der Waals surface area contributed by atoms with Gasteiger partial charge in [0.05, 0.1) is 27.5 Å². The van der Waals surface area contributed by atoms with Crippen LogP contribution in [-0.2, 0) is 10.0 Å². The van der Waals surface area contributed by atoms with Crippen molar-refractivity contribution in [1.29, 1.82) is 0 Å². The van der Waals surface area contributed by atoms with E-state index >= 15 is 0 Å². The Morgan fingerprint density at radius 1 is 0.946 bits per heavy atom. The molecule has 1 unspecified atom stereocenters. The number of fused-ring (bicyclic) bond motifs is 1. The molecule has 6 nitrogen and oxygen atoms in total. The first kappa shape index (κ1) is 27.0. The first-order valence-corrected chi connectivity index (χ1v) is 14.4. The second kappa shape index (κ2) is 11.6. The molecule has 0 saturated heterocycles. The van der Waals surface area contributed by atoms with Crippen LogP contribution in [0.4, 0.5) is 0 Å². The van der Waals surface area contributed by atoms with E-state index in [2.05, 4.69) is 6.92 Å². The number of halogens is 1. The summed E-state index contributed by atoms with van der Waals surface area (Å²) in [5.74, 6) is 0.376. The zero-order chi connectivity index (χ0) is 26.6. The van der Waals surface area contributed by atoms with E-state index in [1.165, 1.54) is 16.4 Å². The molecule has 1 aromatic heterocycles. The van der Waals surface area contributed by atoms with Gasteiger partial charge < -0.3 is 0 Å². The molecule has 0 spiro atoms. The molecule has 4 aromatic rings. The summed E-state index contributed by atoms with van der Waals surface area (Å²) in [6.07, 6.45) is 3.67. The molecule has 3 aromatic carbocycles. The lowest BCUT2D eigenvalue weighted by Crippen LogP contribution is -2.38. The first-order valence-electron chi connectivity index (χ1n) is 12.6. The third-order valence-corrected chi connectivity index (χ3v) is 8.79. The van der Waals surface area contributed by atoms with Crippen molar-refractivity contribution in [3.05, 3.63) is 99.6 Å². The molecule has 4 rings (SSSR count).